The second-order valence-corrected chi connectivity index (χ2v) is 6.37. The van der Waals surface area contributed by atoms with Crippen LogP contribution in [-0.2, 0) is 0 Å². The number of thiophene rings is 2. The highest BCUT2D eigenvalue weighted by Crippen LogP contribution is 2.32. The maximum atomic E-state index is 13.4. The lowest BCUT2D eigenvalue weighted by Crippen LogP contribution is -2.09. The van der Waals surface area contributed by atoms with Crippen LogP contribution in [0.25, 0.3) is 0 Å². The number of hydrogen-bond donors (Lipinski definition) is 1. The van der Waals surface area contributed by atoms with Crippen molar-refractivity contribution >= 4 is 28.4 Å². The molecule has 0 spiro atoms. The quantitative estimate of drug-likeness (QED) is 0.734. The summed E-state index contributed by atoms with van der Waals surface area (Å²) in [6, 6.07) is 14.6. The summed E-state index contributed by atoms with van der Waals surface area (Å²) in [5, 5.41) is 16.4. The van der Waals surface area contributed by atoms with Crippen LogP contribution >= 0.6 is 22.7 Å². The van der Waals surface area contributed by atoms with Crippen molar-refractivity contribution in [1.29, 1.82) is 5.26 Å². The van der Waals surface area contributed by atoms with Crippen molar-refractivity contribution in [3.05, 3.63) is 74.4 Å². The number of nitrogens with one attached hydrogen (secondary N) is 1. The van der Waals surface area contributed by atoms with E-state index >= 15 is 0 Å². The average Bonchev–Trinajstić information content (AvgIpc) is 3.20. The van der Waals surface area contributed by atoms with Gasteiger partial charge in [0.15, 0.2) is 0 Å². The van der Waals surface area contributed by atoms with Gasteiger partial charge in [-0.25, -0.2) is 4.39 Å². The van der Waals surface area contributed by atoms with E-state index in [4.69, 9.17) is 5.26 Å². The van der Waals surface area contributed by atoms with Gasteiger partial charge in [0.05, 0.1) is 11.6 Å². The van der Waals surface area contributed by atoms with Crippen molar-refractivity contribution in [3.63, 3.8) is 0 Å². The Hall–Kier alpha value is -2.16. The van der Waals surface area contributed by atoms with Gasteiger partial charge < -0.3 is 5.32 Å². The van der Waals surface area contributed by atoms with Gasteiger partial charge in [0, 0.05) is 15.4 Å². The topological polar surface area (TPSA) is 35.8 Å². The highest BCUT2D eigenvalue weighted by molar-refractivity contribution is 7.11. The maximum Gasteiger partial charge on any atom is 0.141 e. The Bertz CT molecular complexity index is 724. The molecule has 3 aromatic rings. The van der Waals surface area contributed by atoms with Gasteiger partial charge in [-0.05, 0) is 41.1 Å². The molecule has 0 unspecified atom stereocenters. The van der Waals surface area contributed by atoms with E-state index in [1.165, 1.54) is 15.8 Å². The van der Waals surface area contributed by atoms with Crippen LogP contribution in [0.3, 0.4) is 0 Å². The van der Waals surface area contributed by atoms with E-state index < -0.39 is 5.82 Å². The zero-order valence-electron chi connectivity index (χ0n) is 10.9. The number of benzene rings is 1. The van der Waals surface area contributed by atoms with Gasteiger partial charge in [0.25, 0.3) is 0 Å². The summed E-state index contributed by atoms with van der Waals surface area (Å²) in [6.07, 6.45) is 0. The van der Waals surface area contributed by atoms with Crippen molar-refractivity contribution < 1.29 is 4.39 Å². The molecular formula is C16H11FN2S2. The fraction of sp³-hybridized carbons (Fsp3) is 0.0625. The maximum absolute atomic E-state index is 13.4. The van der Waals surface area contributed by atoms with E-state index in [0.29, 0.717) is 0 Å². The number of nitriles is 1. The smallest absolute Gasteiger partial charge is 0.141 e. The zero-order chi connectivity index (χ0) is 14.7. The standard InChI is InChI=1S/C16H11FN2S2/c17-13-6-5-12(9-11(13)10-18)19-16(14-3-1-7-20-14)15-4-2-8-21-15/h1-9,16,19H. The summed E-state index contributed by atoms with van der Waals surface area (Å²) >= 11 is 3.33. The second-order valence-electron chi connectivity index (χ2n) is 4.41. The fourth-order valence-electron chi connectivity index (χ4n) is 2.06. The fourth-order valence-corrected chi connectivity index (χ4v) is 3.72. The Balaban J connectivity index is 1.94. The van der Waals surface area contributed by atoms with E-state index in [0.717, 1.165) is 5.69 Å². The van der Waals surface area contributed by atoms with E-state index in [2.05, 4.69) is 17.4 Å². The number of nitrogens with zero attached hydrogens (tertiary/aromatic N) is 1. The van der Waals surface area contributed by atoms with Crippen LogP contribution in [0.1, 0.15) is 21.4 Å². The number of anilines is 1. The van der Waals surface area contributed by atoms with Crippen molar-refractivity contribution in [2.45, 2.75) is 6.04 Å². The van der Waals surface area contributed by atoms with Crippen LogP contribution in [0, 0.1) is 17.1 Å². The first-order chi connectivity index (χ1) is 10.3. The largest absolute Gasteiger partial charge is 0.373 e. The predicted molar refractivity (Wildman–Crippen MR) is 85.2 cm³/mol. The molecule has 0 saturated carbocycles. The molecule has 0 atom stereocenters. The van der Waals surface area contributed by atoms with E-state index in [-0.39, 0.29) is 11.6 Å². The molecule has 1 aromatic carbocycles. The molecule has 2 nitrogen and oxygen atoms in total. The Morgan fingerprint density at radius 1 is 1.05 bits per heavy atom. The molecule has 0 fully saturated rings. The molecule has 0 aliphatic rings. The molecule has 0 aliphatic carbocycles. The number of rotatable bonds is 4. The monoisotopic (exact) mass is 314 g/mol. The minimum absolute atomic E-state index is 0.0157. The van der Waals surface area contributed by atoms with E-state index in [1.54, 1.807) is 34.8 Å². The average molecular weight is 314 g/mol. The normalized spacial score (nSPS) is 10.5. The SMILES string of the molecule is N#Cc1cc(NC(c2cccs2)c2cccs2)ccc1F. The number of halogens is 1. The lowest BCUT2D eigenvalue weighted by molar-refractivity contribution is 0.624. The number of hydrogen-bond acceptors (Lipinski definition) is 4. The first kappa shape index (κ1) is 13.8. The molecule has 3 rings (SSSR count). The summed E-state index contributed by atoms with van der Waals surface area (Å²) < 4.78 is 13.4. The van der Waals surface area contributed by atoms with Crippen molar-refractivity contribution in [3.8, 4) is 6.07 Å². The molecular weight excluding hydrogens is 303 g/mol. The molecule has 0 bridgehead atoms. The van der Waals surface area contributed by atoms with Crippen LogP contribution in [0.15, 0.2) is 53.2 Å². The molecule has 2 heterocycles. The Kier molecular flexibility index (Phi) is 4.00. The summed E-state index contributed by atoms with van der Waals surface area (Å²) in [7, 11) is 0. The lowest BCUT2D eigenvalue weighted by atomic mass is 10.1. The molecule has 0 radical (unpaired) electrons. The zero-order valence-corrected chi connectivity index (χ0v) is 12.5. The van der Waals surface area contributed by atoms with Gasteiger partial charge in [-0.1, -0.05) is 12.1 Å². The third kappa shape index (κ3) is 2.97. The van der Waals surface area contributed by atoms with Gasteiger partial charge >= 0.3 is 0 Å². The third-order valence-corrected chi connectivity index (χ3v) is 4.93. The second kappa shape index (κ2) is 6.08. The minimum atomic E-state index is -0.494. The van der Waals surface area contributed by atoms with Crippen LogP contribution in [0.2, 0.25) is 0 Å². The van der Waals surface area contributed by atoms with Gasteiger partial charge in [0.2, 0.25) is 0 Å². The van der Waals surface area contributed by atoms with Crippen LogP contribution in [0.4, 0.5) is 10.1 Å². The van der Waals surface area contributed by atoms with Gasteiger partial charge in [-0.3, -0.25) is 0 Å². The molecule has 0 amide bonds. The van der Waals surface area contributed by atoms with E-state index in [1.807, 2.05) is 29.0 Å². The molecule has 0 aliphatic heterocycles. The summed E-state index contributed by atoms with van der Waals surface area (Å²) in [6.45, 7) is 0. The van der Waals surface area contributed by atoms with Crippen LogP contribution in [0.5, 0.6) is 0 Å². The van der Waals surface area contributed by atoms with Crippen LogP contribution < -0.4 is 5.32 Å². The van der Waals surface area contributed by atoms with Crippen molar-refractivity contribution in [2.24, 2.45) is 0 Å². The Morgan fingerprint density at radius 3 is 2.24 bits per heavy atom. The van der Waals surface area contributed by atoms with E-state index in [9.17, 15) is 4.39 Å². The lowest BCUT2D eigenvalue weighted by Gasteiger charge is -2.17. The van der Waals surface area contributed by atoms with Gasteiger partial charge in [-0.2, -0.15) is 5.26 Å². The highest BCUT2D eigenvalue weighted by atomic mass is 32.1. The molecule has 21 heavy (non-hydrogen) atoms. The highest BCUT2D eigenvalue weighted by Gasteiger charge is 2.16. The molecule has 104 valence electrons. The molecule has 2 aromatic heterocycles. The molecule has 0 saturated heterocycles. The molecule has 1 N–H and O–H groups in total. The van der Waals surface area contributed by atoms with Gasteiger partial charge in [-0.15, -0.1) is 22.7 Å². The first-order valence-electron chi connectivity index (χ1n) is 6.31. The minimum Gasteiger partial charge on any atom is -0.373 e. The Morgan fingerprint density at radius 2 is 1.71 bits per heavy atom. The van der Waals surface area contributed by atoms with Crippen molar-refractivity contribution in [2.75, 3.05) is 5.32 Å². The first-order valence-corrected chi connectivity index (χ1v) is 8.07. The van der Waals surface area contributed by atoms with Crippen LogP contribution in [-0.4, -0.2) is 0 Å². The van der Waals surface area contributed by atoms with Gasteiger partial charge in [0.1, 0.15) is 11.9 Å². The molecule has 5 heteroatoms. The third-order valence-electron chi connectivity index (χ3n) is 3.05. The van der Waals surface area contributed by atoms with Crippen molar-refractivity contribution in [1.82, 2.24) is 0 Å². The predicted octanol–water partition coefficient (Wildman–Crippen LogP) is 5.02. The Labute approximate surface area is 130 Å². The summed E-state index contributed by atoms with van der Waals surface area (Å²) in [5.74, 6) is -0.494. The summed E-state index contributed by atoms with van der Waals surface area (Å²) in [4.78, 5) is 2.36. The summed E-state index contributed by atoms with van der Waals surface area (Å²) in [5.41, 5.74) is 0.788.